The number of para-hydroxylation sites is 1. The summed E-state index contributed by atoms with van der Waals surface area (Å²) in [6.07, 6.45) is 0. The summed E-state index contributed by atoms with van der Waals surface area (Å²) in [6.45, 7) is 4.54. The number of hydrogen-bond acceptors (Lipinski definition) is 4. The lowest BCUT2D eigenvalue weighted by Gasteiger charge is -2.08. The summed E-state index contributed by atoms with van der Waals surface area (Å²) < 4.78 is 7.18. The largest absolute Gasteiger partial charge is 0.494 e. The number of carbonyl (C=O) groups excluding carboxylic acids is 1. The van der Waals surface area contributed by atoms with Gasteiger partial charge in [-0.2, -0.15) is 0 Å². The molecule has 0 saturated heterocycles. The first-order valence-electron chi connectivity index (χ1n) is 9.88. The number of ether oxygens (including phenoxy) is 1. The molecular formula is C24H21ClN4O2. The summed E-state index contributed by atoms with van der Waals surface area (Å²) in [5.74, 6) is 0.934. The van der Waals surface area contributed by atoms with E-state index in [9.17, 15) is 4.79 Å². The molecule has 0 aliphatic heterocycles. The second-order valence-electron chi connectivity index (χ2n) is 6.90. The van der Waals surface area contributed by atoms with Crippen LogP contribution in [0.3, 0.4) is 0 Å². The Bertz CT molecular complexity index is 1200. The highest BCUT2D eigenvalue weighted by atomic mass is 35.5. The molecule has 31 heavy (non-hydrogen) atoms. The van der Waals surface area contributed by atoms with Crippen LogP contribution in [0.5, 0.6) is 5.75 Å². The van der Waals surface area contributed by atoms with Gasteiger partial charge < -0.3 is 10.1 Å². The quantitative estimate of drug-likeness (QED) is 0.434. The van der Waals surface area contributed by atoms with Crippen LogP contribution in [0.4, 0.5) is 5.69 Å². The van der Waals surface area contributed by atoms with Crippen LogP contribution in [0.25, 0.3) is 17.1 Å². The Kier molecular flexibility index (Phi) is 6.00. The lowest BCUT2D eigenvalue weighted by atomic mass is 10.1. The van der Waals surface area contributed by atoms with Crippen molar-refractivity contribution >= 4 is 23.2 Å². The van der Waals surface area contributed by atoms with E-state index in [1.54, 1.807) is 28.9 Å². The molecule has 6 nitrogen and oxygen atoms in total. The number of benzene rings is 3. The maximum atomic E-state index is 12.9. The summed E-state index contributed by atoms with van der Waals surface area (Å²) in [5, 5.41) is 7.71. The summed E-state index contributed by atoms with van der Waals surface area (Å²) in [6, 6.07) is 22.4. The molecule has 0 bridgehead atoms. The van der Waals surface area contributed by atoms with Crippen LogP contribution in [0.15, 0.2) is 72.8 Å². The van der Waals surface area contributed by atoms with Crippen molar-refractivity contribution in [1.82, 2.24) is 14.8 Å². The molecule has 0 aliphatic carbocycles. The molecule has 0 aliphatic rings. The minimum atomic E-state index is -0.439. The summed E-state index contributed by atoms with van der Waals surface area (Å²) in [5.41, 5.74) is 3.25. The van der Waals surface area contributed by atoms with Gasteiger partial charge in [-0.05, 0) is 50.2 Å². The van der Waals surface area contributed by atoms with E-state index in [4.69, 9.17) is 16.3 Å². The second kappa shape index (κ2) is 9.02. The van der Waals surface area contributed by atoms with Gasteiger partial charge in [0.25, 0.3) is 5.91 Å². The molecule has 1 aromatic heterocycles. The molecule has 4 aromatic rings. The van der Waals surface area contributed by atoms with Crippen molar-refractivity contribution in [1.29, 1.82) is 0 Å². The molecule has 156 valence electrons. The number of aryl methyl sites for hydroxylation is 1. The van der Waals surface area contributed by atoms with Crippen molar-refractivity contribution in [3.63, 3.8) is 0 Å². The molecule has 0 spiro atoms. The molecule has 1 amide bonds. The number of nitrogens with one attached hydrogen (secondary N) is 1. The van der Waals surface area contributed by atoms with Gasteiger partial charge in [-0.15, -0.1) is 5.10 Å². The second-order valence-corrected chi connectivity index (χ2v) is 7.30. The van der Waals surface area contributed by atoms with Gasteiger partial charge in [0.2, 0.25) is 5.82 Å². The predicted octanol–water partition coefficient (Wildman–Crippen LogP) is 5.55. The first-order valence-corrected chi connectivity index (χ1v) is 10.3. The van der Waals surface area contributed by atoms with E-state index in [2.05, 4.69) is 15.4 Å². The van der Waals surface area contributed by atoms with E-state index in [1.807, 2.05) is 62.4 Å². The smallest absolute Gasteiger partial charge is 0.295 e. The number of anilines is 1. The van der Waals surface area contributed by atoms with Crippen molar-refractivity contribution in [2.75, 3.05) is 11.9 Å². The number of halogens is 1. The van der Waals surface area contributed by atoms with Crippen molar-refractivity contribution in [3.05, 3.63) is 89.2 Å². The minimum absolute atomic E-state index is 0.0457. The first-order chi connectivity index (χ1) is 15.0. The van der Waals surface area contributed by atoms with Gasteiger partial charge in [0.05, 0.1) is 23.0 Å². The Balaban J connectivity index is 1.73. The van der Waals surface area contributed by atoms with Gasteiger partial charge in [0.1, 0.15) is 5.75 Å². The Hall–Kier alpha value is -3.64. The molecular weight excluding hydrogens is 412 g/mol. The van der Waals surface area contributed by atoms with Crippen LogP contribution in [0.1, 0.15) is 23.1 Å². The maximum absolute atomic E-state index is 12.9. The Labute approximate surface area is 185 Å². The number of carbonyl (C=O) groups is 1. The van der Waals surface area contributed by atoms with E-state index >= 15 is 0 Å². The zero-order chi connectivity index (χ0) is 21.8. The third-order valence-corrected chi connectivity index (χ3v) is 4.96. The predicted molar refractivity (Wildman–Crippen MR) is 122 cm³/mol. The topological polar surface area (TPSA) is 69.0 Å². The molecule has 3 aromatic carbocycles. The Morgan fingerprint density at radius 2 is 1.74 bits per heavy atom. The Morgan fingerprint density at radius 3 is 2.42 bits per heavy atom. The fraction of sp³-hybridized carbons (Fsp3) is 0.125. The molecule has 0 saturated carbocycles. The van der Waals surface area contributed by atoms with Crippen molar-refractivity contribution in [2.24, 2.45) is 0 Å². The zero-order valence-corrected chi connectivity index (χ0v) is 17.9. The highest BCUT2D eigenvalue weighted by Crippen LogP contribution is 2.25. The van der Waals surface area contributed by atoms with Gasteiger partial charge >= 0.3 is 0 Å². The summed E-state index contributed by atoms with van der Waals surface area (Å²) in [4.78, 5) is 17.4. The average Bonchev–Trinajstić information content (AvgIpc) is 3.22. The number of rotatable bonds is 6. The van der Waals surface area contributed by atoms with Crippen molar-refractivity contribution in [3.8, 4) is 22.8 Å². The SMILES string of the molecule is CCOc1ccc(-n2nc(C(=O)Nc3ccccc3Cl)nc2-c2ccc(C)cc2)cc1. The lowest BCUT2D eigenvalue weighted by Crippen LogP contribution is -2.14. The number of amides is 1. The van der Waals surface area contributed by atoms with Crippen LogP contribution in [-0.2, 0) is 0 Å². The van der Waals surface area contributed by atoms with Gasteiger partial charge in [-0.1, -0.05) is 53.6 Å². The van der Waals surface area contributed by atoms with Gasteiger partial charge in [0, 0.05) is 5.56 Å². The summed E-state index contributed by atoms with van der Waals surface area (Å²) >= 11 is 6.17. The van der Waals surface area contributed by atoms with Crippen molar-refractivity contribution < 1.29 is 9.53 Å². The monoisotopic (exact) mass is 432 g/mol. The molecule has 1 N–H and O–H groups in total. The maximum Gasteiger partial charge on any atom is 0.295 e. The third kappa shape index (κ3) is 4.59. The van der Waals surface area contributed by atoms with Crippen LogP contribution < -0.4 is 10.1 Å². The lowest BCUT2D eigenvalue weighted by molar-refractivity contribution is 0.101. The van der Waals surface area contributed by atoms with Gasteiger partial charge in [0.15, 0.2) is 5.82 Å². The zero-order valence-electron chi connectivity index (χ0n) is 17.2. The third-order valence-electron chi connectivity index (χ3n) is 4.63. The molecule has 7 heteroatoms. The van der Waals surface area contributed by atoms with Crippen molar-refractivity contribution in [2.45, 2.75) is 13.8 Å². The molecule has 4 rings (SSSR count). The molecule has 0 radical (unpaired) electrons. The van der Waals surface area contributed by atoms with Crippen LogP contribution in [0, 0.1) is 6.92 Å². The Morgan fingerprint density at radius 1 is 1.03 bits per heavy atom. The standard InChI is InChI=1S/C24H21ClN4O2/c1-3-31-19-14-12-18(13-15-19)29-23(17-10-8-16(2)9-11-17)27-22(28-29)24(30)26-21-7-5-4-6-20(21)25/h4-15H,3H2,1-2H3,(H,26,30). The fourth-order valence-corrected chi connectivity index (χ4v) is 3.25. The van der Waals surface area contributed by atoms with E-state index in [-0.39, 0.29) is 5.82 Å². The molecule has 0 unspecified atom stereocenters. The van der Waals surface area contributed by atoms with E-state index < -0.39 is 5.91 Å². The van der Waals surface area contributed by atoms with Crippen LogP contribution in [-0.4, -0.2) is 27.3 Å². The average molecular weight is 433 g/mol. The number of nitrogens with zero attached hydrogens (tertiary/aromatic N) is 3. The van der Waals surface area contributed by atoms with E-state index in [1.165, 1.54) is 0 Å². The number of aromatic nitrogens is 3. The fourth-order valence-electron chi connectivity index (χ4n) is 3.07. The molecule has 0 fully saturated rings. The highest BCUT2D eigenvalue weighted by Gasteiger charge is 2.19. The molecule has 1 heterocycles. The summed E-state index contributed by atoms with van der Waals surface area (Å²) in [7, 11) is 0. The van der Waals surface area contributed by atoms with Gasteiger partial charge in [-0.3, -0.25) is 4.79 Å². The first kappa shape index (κ1) is 20.6. The van der Waals surface area contributed by atoms with E-state index in [0.29, 0.717) is 23.1 Å². The molecule has 0 atom stereocenters. The van der Waals surface area contributed by atoms with Crippen LogP contribution >= 0.6 is 11.6 Å². The number of hydrogen-bond donors (Lipinski definition) is 1. The minimum Gasteiger partial charge on any atom is -0.494 e. The van der Waals surface area contributed by atoms with E-state index in [0.717, 1.165) is 22.6 Å². The highest BCUT2D eigenvalue weighted by molar-refractivity contribution is 6.33. The van der Waals surface area contributed by atoms with Crippen LogP contribution in [0.2, 0.25) is 5.02 Å². The van der Waals surface area contributed by atoms with Gasteiger partial charge in [-0.25, -0.2) is 9.67 Å². The normalized spacial score (nSPS) is 10.7.